The maximum absolute atomic E-state index is 10.8. The zero-order valence-corrected chi connectivity index (χ0v) is 11.2. The number of hydrogen-bond donors (Lipinski definition) is 1. The summed E-state index contributed by atoms with van der Waals surface area (Å²) in [6.07, 6.45) is 3.83. The van der Waals surface area contributed by atoms with Crippen molar-refractivity contribution in [2.45, 2.75) is 19.8 Å². The molecule has 1 aliphatic rings. The lowest BCUT2D eigenvalue weighted by Crippen LogP contribution is -2.36. The van der Waals surface area contributed by atoms with Gasteiger partial charge < -0.3 is 10.2 Å². The third-order valence-corrected chi connectivity index (χ3v) is 3.58. The normalized spacial score (nSPS) is 16.3. The van der Waals surface area contributed by atoms with Gasteiger partial charge in [0.2, 0.25) is 0 Å². The van der Waals surface area contributed by atoms with Crippen LogP contribution in [0.15, 0.2) is 18.3 Å². The number of hydrogen-bond acceptors (Lipinski definition) is 5. The molecule has 0 bridgehead atoms. The monoisotopic (exact) mass is 264 g/mol. The number of piperidine rings is 1. The first-order chi connectivity index (χ1) is 9.20. The fraction of sp³-hybridized carbons (Fsp3) is 0.615. The number of aromatic nitrogens is 1. The van der Waals surface area contributed by atoms with Gasteiger partial charge in [0.05, 0.1) is 11.0 Å². The van der Waals surface area contributed by atoms with E-state index in [0.29, 0.717) is 11.7 Å². The second kappa shape index (κ2) is 6.47. The van der Waals surface area contributed by atoms with E-state index in [9.17, 15) is 10.1 Å². The third-order valence-electron chi connectivity index (χ3n) is 3.58. The van der Waals surface area contributed by atoms with Gasteiger partial charge in [0.25, 0.3) is 5.69 Å². The number of nitrogens with one attached hydrogen (secondary N) is 1. The summed E-state index contributed by atoms with van der Waals surface area (Å²) in [7, 11) is 0. The summed E-state index contributed by atoms with van der Waals surface area (Å²) in [4.78, 5) is 16.8. The van der Waals surface area contributed by atoms with Crippen LogP contribution >= 0.6 is 0 Å². The smallest absolute Gasteiger partial charge is 0.274 e. The van der Waals surface area contributed by atoms with Crippen molar-refractivity contribution in [1.82, 2.24) is 10.3 Å². The second-order valence-corrected chi connectivity index (χ2v) is 4.86. The van der Waals surface area contributed by atoms with Crippen LogP contribution in [-0.2, 0) is 0 Å². The maximum Gasteiger partial charge on any atom is 0.274 e. The van der Waals surface area contributed by atoms with Gasteiger partial charge in [-0.15, -0.1) is 0 Å². The molecule has 0 atom stereocenters. The van der Waals surface area contributed by atoms with Crippen molar-refractivity contribution in [1.29, 1.82) is 0 Å². The average molecular weight is 264 g/mol. The first-order valence-corrected chi connectivity index (χ1v) is 6.76. The Morgan fingerprint density at radius 3 is 2.89 bits per heavy atom. The van der Waals surface area contributed by atoms with Crippen LogP contribution in [0.5, 0.6) is 0 Å². The molecule has 19 heavy (non-hydrogen) atoms. The SMILES string of the molecule is CCN(CC1CCNCC1)c1cc([N+](=O)[O-])ccn1. The maximum atomic E-state index is 10.8. The minimum absolute atomic E-state index is 0.105. The molecule has 0 spiro atoms. The minimum Gasteiger partial charge on any atom is -0.356 e. The highest BCUT2D eigenvalue weighted by molar-refractivity contribution is 5.46. The van der Waals surface area contributed by atoms with Crippen LogP contribution in [0, 0.1) is 16.0 Å². The molecule has 0 saturated carbocycles. The highest BCUT2D eigenvalue weighted by Gasteiger charge is 2.18. The van der Waals surface area contributed by atoms with Gasteiger partial charge >= 0.3 is 0 Å². The van der Waals surface area contributed by atoms with Crippen LogP contribution in [0.3, 0.4) is 0 Å². The summed E-state index contributed by atoms with van der Waals surface area (Å²) in [5, 5.41) is 14.2. The van der Waals surface area contributed by atoms with E-state index >= 15 is 0 Å². The zero-order chi connectivity index (χ0) is 13.7. The quantitative estimate of drug-likeness (QED) is 0.648. The van der Waals surface area contributed by atoms with E-state index in [1.807, 2.05) is 0 Å². The first kappa shape index (κ1) is 13.7. The number of rotatable bonds is 5. The van der Waals surface area contributed by atoms with Crippen LogP contribution in [-0.4, -0.2) is 36.1 Å². The van der Waals surface area contributed by atoms with Crippen molar-refractivity contribution in [3.05, 3.63) is 28.4 Å². The molecule has 0 unspecified atom stereocenters. The van der Waals surface area contributed by atoms with Gasteiger partial charge in [-0.25, -0.2) is 4.98 Å². The van der Waals surface area contributed by atoms with Crippen molar-refractivity contribution in [2.24, 2.45) is 5.92 Å². The Bertz CT molecular complexity index is 432. The molecule has 1 saturated heterocycles. The van der Waals surface area contributed by atoms with E-state index in [-0.39, 0.29) is 10.6 Å². The number of nitro groups is 1. The van der Waals surface area contributed by atoms with E-state index < -0.39 is 0 Å². The summed E-state index contributed by atoms with van der Waals surface area (Å²) in [6, 6.07) is 2.99. The van der Waals surface area contributed by atoms with Gasteiger partial charge in [-0.3, -0.25) is 10.1 Å². The van der Waals surface area contributed by atoms with Crippen molar-refractivity contribution in [3.8, 4) is 0 Å². The van der Waals surface area contributed by atoms with Gasteiger partial charge in [0.1, 0.15) is 5.82 Å². The minimum atomic E-state index is -0.371. The van der Waals surface area contributed by atoms with Crippen LogP contribution in [0.4, 0.5) is 11.5 Å². The highest BCUT2D eigenvalue weighted by Crippen LogP contribution is 2.21. The van der Waals surface area contributed by atoms with Crippen LogP contribution in [0.25, 0.3) is 0 Å². The Labute approximate surface area is 113 Å². The van der Waals surface area contributed by atoms with Gasteiger partial charge in [-0.2, -0.15) is 0 Å². The van der Waals surface area contributed by atoms with E-state index in [4.69, 9.17) is 0 Å². The summed E-state index contributed by atoms with van der Waals surface area (Å²) in [5.41, 5.74) is 0.105. The third kappa shape index (κ3) is 3.64. The predicted octanol–water partition coefficient (Wildman–Crippen LogP) is 1.82. The Kier molecular flexibility index (Phi) is 4.68. The fourth-order valence-corrected chi connectivity index (χ4v) is 2.45. The molecule has 1 N–H and O–H groups in total. The van der Waals surface area contributed by atoms with Gasteiger partial charge in [-0.05, 0) is 38.8 Å². The molecule has 0 amide bonds. The average Bonchev–Trinajstić information content (AvgIpc) is 2.46. The summed E-state index contributed by atoms with van der Waals surface area (Å²) >= 11 is 0. The fourth-order valence-electron chi connectivity index (χ4n) is 2.45. The standard InChI is InChI=1S/C13H20N4O2/c1-2-16(10-11-3-6-14-7-4-11)13-9-12(17(18)19)5-8-15-13/h5,8-9,11,14H,2-4,6-7,10H2,1H3. The van der Waals surface area contributed by atoms with Crippen molar-refractivity contribution in [3.63, 3.8) is 0 Å². The van der Waals surface area contributed by atoms with Gasteiger partial charge in [0.15, 0.2) is 0 Å². The highest BCUT2D eigenvalue weighted by atomic mass is 16.6. The molecule has 1 aromatic heterocycles. The summed E-state index contributed by atoms with van der Waals surface area (Å²) in [6.45, 7) is 5.92. The molecule has 0 aromatic carbocycles. The summed E-state index contributed by atoms with van der Waals surface area (Å²) in [5.74, 6) is 1.34. The Morgan fingerprint density at radius 2 is 2.26 bits per heavy atom. The van der Waals surface area contributed by atoms with Crippen molar-refractivity contribution in [2.75, 3.05) is 31.1 Å². The van der Waals surface area contributed by atoms with Crippen LogP contribution < -0.4 is 10.2 Å². The summed E-state index contributed by atoms with van der Waals surface area (Å²) < 4.78 is 0. The van der Waals surface area contributed by atoms with Crippen LogP contribution in [0.1, 0.15) is 19.8 Å². The molecule has 6 nitrogen and oxygen atoms in total. The molecule has 1 aliphatic heterocycles. The first-order valence-electron chi connectivity index (χ1n) is 6.76. The molecular weight excluding hydrogens is 244 g/mol. The molecule has 104 valence electrons. The van der Waals surface area contributed by atoms with Crippen molar-refractivity contribution < 1.29 is 4.92 Å². The molecule has 1 aromatic rings. The molecule has 0 radical (unpaired) electrons. The number of pyridine rings is 1. The largest absolute Gasteiger partial charge is 0.356 e. The van der Waals surface area contributed by atoms with Gasteiger partial charge in [-0.1, -0.05) is 0 Å². The number of nitrogens with zero attached hydrogens (tertiary/aromatic N) is 3. The van der Waals surface area contributed by atoms with E-state index in [0.717, 1.165) is 39.0 Å². The molecule has 6 heteroatoms. The Hall–Kier alpha value is -1.69. The second-order valence-electron chi connectivity index (χ2n) is 4.86. The molecule has 2 heterocycles. The number of anilines is 1. The predicted molar refractivity (Wildman–Crippen MR) is 74.4 cm³/mol. The van der Waals surface area contributed by atoms with Gasteiger partial charge in [0, 0.05) is 25.4 Å². The lowest BCUT2D eigenvalue weighted by Gasteiger charge is -2.30. The zero-order valence-electron chi connectivity index (χ0n) is 11.2. The molecular formula is C13H20N4O2. The lowest BCUT2D eigenvalue weighted by molar-refractivity contribution is -0.384. The topological polar surface area (TPSA) is 71.3 Å². The molecule has 0 aliphatic carbocycles. The Morgan fingerprint density at radius 1 is 1.53 bits per heavy atom. The van der Waals surface area contributed by atoms with E-state index in [1.165, 1.54) is 12.3 Å². The van der Waals surface area contributed by atoms with Crippen molar-refractivity contribution >= 4 is 11.5 Å². The molecule has 1 fully saturated rings. The van der Waals surface area contributed by atoms with Crippen LogP contribution in [0.2, 0.25) is 0 Å². The Balaban J connectivity index is 2.07. The molecule has 2 rings (SSSR count). The van der Waals surface area contributed by atoms with E-state index in [1.54, 1.807) is 6.07 Å². The lowest BCUT2D eigenvalue weighted by atomic mass is 9.97. The van der Waals surface area contributed by atoms with E-state index in [2.05, 4.69) is 22.1 Å².